The van der Waals surface area contributed by atoms with Gasteiger partial charge in [-0.15, -0.1) is 0 Å². The number of hydrogen-bond acceptors (Lipinski definition) is 3. The van der Waals surface area contributed by atoms with Crippen LogP contribution in [0.15, 0.2) is 22.7 Å². The van der Waals surface area contributed by atoms with Gasteiger partial charge in [0.2, 0.25) is 0 Å². The second kappa shape index (κ2) is 6.85. The first-order valence-electron chi connectivity index (χ1n) is 6.95. The van der Waals surface area contributed by atoms with Crippen LogP contribution in [0.2, 0.25) is 0 Å². The SMILES string of the molecule is CSC1(CNC(=O)c2ccc(Br)c(N)c2)CCCCC1. The van der Waals surface area contributed by atoms with Crippen molar-refractivity contribution in [3.05, 3.63) is 28.2 Å². The number of benzene rings is 1. The normalized spacial score (nSPS) is 17.7. The molecular weight excluding hydrogens is 336 g/mol. The number of rotatable bonds is 4. The van der Waals surface area contributed by atoms with Crippen LogP contribution in [0.3, 0.4) is 0 Å². The van der Waals surface area contributed by atoms with Crippen molar-refractivity contribution in [1.82, 2.24) is 5.32 Å². The number of halogens is 1. The van der Waals surface area contributed by atoms with E-state index in [1.807, 2.05) is 17.8 Å². The van der Waals surface area contributed by atoms with Crippen LogP contribution in [0.1, 0.15) is 42.5 Å². The first-order chi connectivity index (χ1) is 9.56. The highest BCUT2D eigenvalue weighted by atomic mass is 79.9. The summed E-state index contributed by atoms with van der Waals surface area (Å²) in [6.07, 6.45) is 8.38. The number of nitrogen functional groups attached to an aromatic ring is 1. The van der Waals surface area contributed by atoms with Gasteiger partial charge >= 0.3 is 0 Å². The Morgan fingerprint density at radius 1 is 1.40 bits per heavy atom. The lowest BCUT2D eigenvalue weighted by Gasteiger charge is -2.35. The zero-order chi connectivity index (χ0) is 14.6. The van der Waals surface area contributed by atoms with Gasteiger partial charge in [0, 0.05) is 27.0 Å². The number of carbonyl (C=O) groups excluding carboxylic acids is 1. The Morgan fingerprint density at radius 2 is 2.10 bits per heavy atom. The summed E-state index contributed by atoms with van der Waals surface area (Å²) in [5.41, 5.74) is 7.03. The molecule has 1 aromatic carbocycles. The minimum Gasteiger partial charge on any atom is -0.398 e. The van der Waals surface area contributed by atoms with Gasteiger partial charge in [-0.2, -0.15) is 11.8 Å². The molecule has 1 amide bonds. The summed E-state index contributed by atoms with van der Waals surface area (Å²) in [5.74, 6) is -0.0387. The van der Waals surface area contributed by atoms with E-state index in [1.54, 1.807) is 12.1 Å². The van der Waals surface area contributed by atoms with E-state index in [-0.39, 0.29) is 10.7 Å². The smallest absolute Gasteiger partial charge is 0.251 e. The van der Waals surface area contributed by atoms with Crippen LogP contribution in [0.25, 0.3) is 0 Å². The van der Waals surface area contributed by atoms with Gasteiger partial charge in [-0.05, 0) is 53.2 Å². The maximum atomic E-state index is 12.2. The maximum absolute atomic E-state index is 12.2. The molecule has 0 aromatic heterocycles. The summed E-state index contributed by atoms with van der Waals surface area (Å²) in [4.78, 5) is 12.2. The zero-order valence-electron chi connectivity index (χ0n) is 11.7. The number of anilines is 1. The highest BCUT2D eigenvalue weighted by Gasteiger charge is 2.31. The van der Waals surface area contributed by atoms with Crippen molar-refractivity contribution in [2.75, 3.05) is 18.5 Å². The average molecular weight is 357 g/mol. The molecule has 2 rings (SSSR count). The maximum Gasteiger partial charge on any atom is 0.251 e. The van der Waals surface area contributed by atoms with Gasteiger partial charge in [-0.3, -0.25) is 4.79 Å². The number of nitrogens with two attached hydrogens (primary N) is 1. The molecule has 0 saturated heterocycles. The van der Waals surface area contributed by atoms with Crippen LogP contribution in [-0.4, -0.2) is 23.5 Å². The molecule has 3 N–H and O–H groups in total. The Labute approximate surface area is 133 Å². The predicted molar refractivity (Wildman–Crippen MR) is 90.2 cm³/mol. The molecule has 110 valence electrons. The molecule has 5 heteroatoms. The highest BCUT2D eigenvalue weighted by Crippen LogP contribution is 2.38. The van der Waals surface area contributed by atoms with Gasteiger partial charge in [0.1, 0.15) is 0 Å². The Morgan fingerprint density at radius 3 is 2.70 bits per heavy atom. The molecule has 3 nitrogen and oxygen atoms in total. The first-order valence-corrected chi connectivity index (χ1v) is 8.96. The summed E-state index contributed by atoms with van der Waals surface area (Å²) in [6, 6.07) is 5.32. The van der Waals surface area contributed by atoms with Crippen LogP contribution in [0.5, 0.6) is 0 Å². The molecule has 1 aliphatic carbocycles. The summed E-state index contributed by atoms with van der Waals surface area (Å²) in [6.45, 7) is 0.739. The quantitative estimate of drug-likeness (QED) is 0.806. The second-order valence-corrected chi connectivity index (χ2v) is 7.50. The molecule has 0 radical (unpaired) electrons. The molecule has 0 atom stereocenters. The van der Waals surface area contributed by atoms with Gasteiger partial charge < -0.3 is 11.1 Å². The molecule has 1 aliphatic rings. The van der Waals surface area contributed by atoms with Crippen molar-refractivity contribution in [3.8, 4) is 0 Å². The van der Waals surface area contributed by atoms with Crippen molar-refractivity contribution >= 4 is 39.3 Å². The fraction of sp³-hybridized carbons (Fsp3) is 0.533. The Hall–Kier alpha value is -0.680. The third kappa shape index (κ3) is 3.70. The summed E-state index contributed by atoms with van der Waals surface area (Å²) in [7, 11) is 0. The average Bonchev–Trinajstić information content (AvgIpc) is 2.48. The van der Waals surface area contributed by atoms with Crippen molar-refractivity contribution < 1.29 is 4.79 Å². The van der Waals surface area contributed by atoms with Crippen molar-refractivity contribution in [1.29, 1.82) is 0 Å². The summed E-state index contributed by atoms with van der Waals surface area (Å²) >= 11 is 5.23. The van der Waals surface area contributed by atoms with Crippen LogP contribution in [0.4, 0.5) is 5.69 Å². The number of nitrogens with one attached hydrogen (secondary N) is 1. The standard InChI is InChI=1S/C15H21BrN2OS/c1-20-15(7-3-2-4-8-15)10-18-14(19)11-5-6-12(16)13(17)9-11/h5-6,9H,2-4,7-8,10,17H2,1H3,(H,18,19). The molecular formula is C15H21BrN2OS. The number of carbonyl (C=O) groups is 1. The number of thioether (sulfide) groups is 1. The van der Waals surface area contributed by atoms with E-state index in [4.69, 9.17) is 5.73 Å². The van der Waals surface area contributed by atoms with Gasteiger partial charge in [0.25, 0.3) is 5.91 Å². The lowest BCUT2D eigenvalue weighted by atomic mass is 9.88. The topological polar surface area (TPSA) is 55.1 Å². The largest absolute Gasteiger partial charge is 0.398 e. The fourth-order valence-electron chi connectivity index (χ4n) is 2.68. The van der Waals surface area contributed by atoms with E-state index in [9.17, 15) is 4.79 Å². The van der Waals surface area contributed by atoms with Crippen molar-refractivity contribution in [2.45, 2.75) is 36.9 Å². The summed E-state index contributed by atoms with van der Waals surface area (Å²) in [5, 5.41) is 3.08. The van der Waals surface area contributed by atoms with E-state index in [2.05, 4.69) is 27.5 Å². The van der Waals surface area contributed by atoms with Crippen LogP contribution in [0, 0.1) is 0 Å². The van der Waals surface area contributed by atoms with Gasteiger partial charge in [-0.25, -0.2) is 0 Å². The van der Waals surface area contributed by atoms with E-state index in [1.165, 1.54) is 32.1 Å². The van der Waals surface area contributed by atoms with E-state index < -0.39 is 0 Å². The van der Waals surface area contributed by atoms with Crippen LogP contribution in [-0.2, 0) is 0 Å². The monoisotopic (exact) mass is 356 g/mol. The molecule has 0 aliphatic heterocycles. The number of hydrogen-bond donors (Lipinski definition) is 2. The minimum absolute atomic E-state index is 0.0387. The summed E-state index contributed by atoms with van der Waals surface area (Å²) < 4.78 is 1.04. The van der Waals surface area contributed by atoms with Gasteiger partial charge in [0.05, 0.1) is 0 Å². The van der Waals surface area contributed by atoms with Crippen LogP contribution >= 0.6 is 27.7 Å². The molecule has 1 aromatic rings. The lowest BCUT2D eigenvalue weighted by Crippen LogP contribution is -2.41. The molecule has 20 heavy (non-hydrogen) atoms. The van der Waals surface area contributed by atoms with E-state index in [0.29, 0.717) is 11.3 Å². The van der Waals surface area contributed by atoms with E-state index in [0.717, 1.165) is 11.0 Å². The Bertz CT molecular complexity index is 487. The predicted octanol–water partition coefficient (Wildman–Crippen LogP) is 3.83. The molecule has 1 fully saturated rings. The zero-order valence-corrected chi connectivity index (χ0v) is 14.1. The van der Waals surface area contributed by atoms with Crippen molar-refractivity contribution in [2.24, 2.45) is 0 Å². The highest BCUT2D eigenvalue weighted by molar-refractivity contribution is 9.10. The molecule has 0 unspecified atom stereocenters. The van der Waals surface area contributed by atoms with Gasteiger partial charge in [-0.1, -0.05) is 19.3 Å². The third-order valence-electron chi connectivity index (χ3n) is 4.03. The fourth-order valence-corrected chi connectivity index (χ4v) is 3.84. The van der Waals surface area contributed by atoms with E-state index >= 15 is 0 Å². The third-order valence-corrected chi connectivity index (χ3v) is 6.17. The first kappa shape index (κ1) is 15.7. The number of amides is 1. The Balaban J connectivity index is 1.98. The molecule has 1 saturated carbocycles. The molecule has 0 bridgehead atoms. The molecule has 0 spiro atoms. The van der Waals surface area contributed by atoms with Gasteiger partial charge in [0.15, 0.2) is 0 Å². The molecule has 0 heterocycles. The van der Waals surface area contributed by atoms with Crippen LogP contribution < -0.4 is 11.1 Å². The Kier molecular flexibility index (Phi) is 5.38. The second-order valence-electron chi connectivity index (χ2n) is 5.37. The van der Waals surface area contributed by atoms with Crippen molar-refractivity contribution in [3.63, 3.8) is 0 Å². The minimum atomic E-state index is -0.0387. The lowest BCUT2D eigenvalue weighted by molar-refractivity contribution is 0.0947.